The molecule has 206 valence electrons. The quantitative estimate of drug-likeness (QED) is 0.188. The summed E-state index contributed by atoms with van der Waals surface area (Å²) in [6, 6.07) is 1.53. The molecule has 2 rings (SSSR count). The molecule has 0 atom stereocenters. The van der Waals surface area contributed by atoms with Gasteiger partial charge in [0.2, 0.25) is 0 Å². The Kier molecular flexibility index (Phi) is 10.8. The third-order valence-corrected chi connectivity index (χ3v) is 6.43. The van der Waals surface area contributed by atoms with Crippen molar-refractivity contribution in [3.63, 3.8) is 0 Å². The number of nitrogens with zero attached hydrogens (tertiary/aromatic N) is 2. The van der Waals surface area contributed by atoms with Crippen molar-refractivity contribution in [3.8, 4) is 0 Å². The lowest BCUT2D eigenvalue weighted by Gasteiger charge is -2.32. The first kappa shape index (κ1) is 30.7. The molecule has 0 fully saturated rings. The van der Waals surface area contributed by atoms with Crippen LogP contribution in [0.2, 0.25) is 0 Å². The molecular formula is C29H38F3N5O. The summed E-state index contributed by atoms with van der Waals surface area (Å²) >= 11 is 0. The molecule has 1 aliphatic rings. The van der Waals surface area contributed by atoms with Gasteiger partial charge in [-0.25, -0.2) is 0 Å². The zero-order valence-corrected chi connectivity index (χ0v) is 22.6. The minimum atomic E-state index is -4.58. The molecule has 1 aromatic rings. The number of pyridine rings is 1. The number of carbonyl (C=O) groups excluding carboxylic acids is 1. The van der Waals surface area contributed by atoms with Gasteiger partial charge < -0.3 is 21.0 Å². The summed E-state index contributed by atoms with van der Waals surface area (Å²) in [5, 5.41) is 20.3. The normalized spacial score (nSPS) is 15.3. The predicted molar refractivity (Wildman–Crippen MR) is 146 cm³/mol. The van der Waals surface area contributed by atoms with Crippen LogP contribution in [-0.2, 0) is 6.18 Å². The molecule has 0 unspecified atom stereocenters. The van der Waals surface area contributed by atoms with Crippen LogP contribution in [0.4, 0.5) is 13.2 Å². The van der Waals surface area contributed by atoms with Crippen molar-refractivity contribution in [3.05, 3.63) is 77.4 Å². The number of unbranched alkanes of at least 4 members (excludes halogenated alkanes) is 1. The second-order valence-electron chi connectivity index (χ2n) is 9.87. The first-order chi connectivity index (χ1) is 17.8. The van der Waals surface area contributed by atoms with Gasteiger partial charge in [-0.2, -0.15) is 13.2 Å². The van der Waals surface area contributed by atoms with Crippen LogP contribution in [0.1, 0.15) is 75.9 Å². The van der Waals surface area contributed by atoms with Crippen molar-refractivity contribution in [2.75, 3.05) is 13.1 Å². The van der Waals surface area contributed by atoms with Crippen LogP contribution in [0.25, 0.3) is 0 Å². The third-order valence-electron chi connectivity index (χ3n) is 6.43. The summed E-state index contributed by atoms with van der Waals surface area (Å²) in [4.78, 5) is 18.6. The number of aromatic nitrogens is 1. The Morgan fingerprint density at radius 3 is 2.61 bits per heavy atom. The lowest BCUT2D eigenvalue weighted by Crippen LogP contribution is -2.31. The summed E-state index contributed by atoms with van der Waals surface area (Å²) in [6.07, 6.45) is 7.09. The average Bonchev–Trinajstić information content (AvgIpc) is 2.87. The van der Waals surface area contributed by atoms with Gasteiger partial charge in [0.05, 0.1) is 22.7 Å². The number of alkyl halides is 3. The summed E-state index contributed by atoms with van der Waals surface area (Å²) in [5.74, 6) is -0.761. The number of hydrogen-bond donors (Lipinski definition) is 3. The Balaban J connectivity index is 2.37. The van der Waals surface area contributed by atoms with Crippen molar-refractivity contribution in [2.45, 2.75) is 66.0 Å². The number of nitrogens with one attached hydrogen (secondary N) is 3. The molecule has 1 amide bonds. The first-order valence-corrected chi connectivity index (χ1v) is 12.8. The van der Waals surface area contributed by atoms with Crippen LogP contribution < -0.4 is 5.32 Å². The largest absolute Gasteiger partial charge is 0.416 e. The number of allylic oxidation sites excluding steroid dienone is 5. The molecule has 3 N–H and O–H groups in total. The molecule has 1 aliphatic carbocycles. The van der Waals surface area contributed by atoms with E-state index in [0.29, 0.717) is 48.6 Å². The Morgan fingerprint density at radius 2 is 2.00 bits per heavy atom. The second kappa shape index (κ2) is 13.3. The molecule has 0 spiro atoms. The molecule has 0 aromatic carbocycles. The SMILES string of the molecule is C=CCCN(CC)/C(=C/C(=N)C1=CC(NC(=O)c2cc(C(F)(F)F)ccn2)=CCC1(C)C)C(=N)CCCC. The number of amides is 1. The van der Waals surface area contributed by atoms with Crippen molar-refractivity contribution in [1.82, 2.24) is 15.2 Å². The van der Waals surface area contributed by atoms with Gasteiger partial charge in [-0.15, -0.1) is 6.58 Å². The highest BCUT2D eigenvalue weighted by Gasteiger charge is 2.32. The molecule has 0 saturated carbocycles. The van der Waals surface area contributed by atoms with Crippen LogP contribution in [0.5, 0.6) is 0 Å². The van der Waals surface area contributed by atoms with Gasteiger partial charge in [-0.3, -0.25) is 9.78 Å². The Morgan fingerprint density at radius 1 is 1.29 bits per heavy atom. The molecule has 0 radical (unpaired) electrons. The Hall–Kier alpha value is -3.49. The van der Waals surface area contributed by atoms with Crippen LogP contribution in [0.3, 0.4) is 0 Å². The number of halogens is 3. The van der Waals surface area contributed by atoms with Crippen LogP contribution in [0, 0.1) is 16.2 Å². The van der Waals surface area contributed by atoms with E-state index in [2.05, 4.69) is 28.7 Å². The molecular weight excluding hydrogens is 491 g/mol. The maximum absolute atomic E-state index is 13.1. The van der Waals surface area contributed by atoms with E-state index in [1.165, 1.54) is 0 Å². The van der Waals surface area contributed by atoms with E-state index in [1.54, 1.807) is 18.2 Å². The van der Waals surface area contributed by atoms with Gasteiger partial charge in [0.25, 0.3) is 5.91 Å². The molecule has 0 saturated heterocycles. The number of carbonyl (C=O) groups is 1. The molecule has 9 heteroatoms. The third kappa shape index (κ3) is 8.26. The molecule has 0 aliphatic heterocycles. The van der Waals surface area contributed by atoms with Gasteiger partial charge in [0, 0.05) is 25.0 Å². The lowest BCUT2D eigenvalue weighted by atomic mass is 9.75. The maximum atomic E-state index is 13.1. The van der Waals surface area contributed by atoms with E-state index >= 15 is 0 Å². The van der Waals surface area contributed by atoms with E-state index in [4.69, 9.17) is 10.8 Å². The van der Waals surface area contributed by atoms with E-state index in [9.17, 15) is 18.0 Å². The summed E-state index contributed by atoms with van der Waals surface area (Å²) < 4.78 is 39.2. The number of hydrogen-bond acceptors (Lipinski definition) is 5. The fourth-order valence-electron chi connectivity index (χ4n) is 4.10. The zero-order valence-electron chi connectivity index (χ0n) is 22.6. The van der Waals surface area contributed by atoms with Gasteiger partial charge in [0.15, 0.2) is 0 Å². The van der Waals surface area contributed by atoms with E-state index in [0.717, 1.165) is 37.6 Å². The van der Waals surface area contributed by atoms with Gasteiger partial charge in [-0.05, 0) is 67.9 Å². The standard InChI is InChI=1S/C29H38F3N5O/c1-6-9-11-23(33)26(37(8-3)16-10-7-2)19-24(34)22-18-21(12-14-28(22,4)5)36-27(38)25-17-20(13-15-35-25)29(30,31)32/h7,12-13,15,17-19,33-34H,2,6,8-11,14,16H2,1,3-5H3,(H,36,38)/b26-19+,33-23?,34-24?. The number of rotatable bonds is 13. The minimum Gasteiger partial charge on any atom is -0.370 e. The zero-order chi connectivity index (χ0) is 28.5. The molecule has 6 nitrogen and oxygen atoms in total. The van der Waals surface area contributed by atoms with E-state index in [-0.39, 0.29) is 11.4 Å². The van der Waals surface area contributed by atoms with Gasteiger partial charge in [0.1, 0.15) is 5.69 Å². The lowest BCUT2D eigenvalue weighted by molar-refractivity contribution is -0.137. The van der Waals surface area contributed by atoms with Crippen LogP contribution in [0.15, 0.2) is 66.2 Å². The van der Waals surface area contributed by atoms with Gasteiger partial charge in [-0.1, -0.05) is 39.3 Å². The maximum Gasteiger partial charge on any atom is 0.416 e. The van der Waals surface area contributed by atoms with E-state index < -0.39 is 23.1 Å². The molecule has 0 bridgehead atoms. The monoisotopic (exact) mass is 529 g/mol. The average molecular weight is 530 g/mol. The Bertz CT molecular complexity index is 1150. The second-order valence-corrected chi connectivity index (χ2v) is 9.87. The fourth-order valence-corrected chi connectivity index (χ4v) is 4.10. The van der Waals surface area contributed by atoms with Crippen molar-refractivity contribution in [1.29, 1.82) is 10.8 Å². The van der Waals surface area contributed by atoms with Gasteiger partial charge >= 0.3 is 6.18 Å². The molecule has 1 heterocycles. The topological polar surface area (TPSA) is 92.9 Å². The minimum absolute atomic E-state index is 0.223. The summed E-state index contributed by atoms with van der Waals surface area (Å²) in [5.41, 5.74) is 0.716. The highest BCUT2D eigenvalue weighted by molar-refractivity contribution is 6.12. The fraction of sp³-hybridized carbons (Fsp3) is 0.448. The van der Waals surface area contributed by atoms with Crippen molar-refractivity contribution >= 4 is 17.3 Å². The van der Waals surface area contributed by atoms with E-state index in [1.807, 2.05) is 26.8 Å². The van der Waals surface area contributed by atoms with Crippen molar-refractivity contribution in [2.24, 2.45) is 5.41 Å². The molecule has 38 heavy (non-hydrogen) atoms. The summed E-state index contributed by atoms with van der Waals surface area (Å²) in [7, 11) is 0. The van der Waals surface area contributed by atoms with Crippen LogP contribution in [-0.4, -0.2) is 40.3 Å². The van der Waals surface area contributed by atoms with Crippen molar-refractivity contribution < 1.29 is 18.0 Å². The highest BCUT2D eigenvalue weighted by Crippen LogP contribution is 2.36. The molecule has 1 aromatic heterocycles. The van der Waals surface area contributed by atoms with Crippen LogP contribution >= 0.6 is 0 Å². The summed E-state index contributed by atoms with van der Waals surface area (Å²) in [6.45, 7) is 13.2. The highest BCUT2D eigenvalue weighted by atomic mass is 19.4. The predicted octanol–water partition coefficient (Wildman–Crippen LogP) is 7.08. The first-order valence-electron chi connectivity index (χ1n) is 12.8. The smallest absolute Gasteiger partial charge is 0.370 e. The Labute approximate surface area is 223 Å².